The molecule has 0 bridgehead atoms. The number of hydrogen-bond donors (Lipinski definition) is 2. The Morgan fingerprint density at radius 3 is 0.978 bits per heavy atom. The van der Waals surface area contributed by atoms with Crippen molar-refractivity contribution in [1.82, 2.24) is 0 Å². The van der Waals surface area contributed by atoms with Crippen LogP contribution in [0.15, 0.2) is 133 Å². The molecule has 0 fully saturated rings. The zero-order valence-electron chi connectivity index (χ0n) is 26.9. The van der Waals surface area contributed by atoms with E-state index in [2.05, 4.69) is 147 Å². The molecule has 0 radical (unpaired) electrons. The maximum Gasteiger partial charge on any atom is 0.0681 e. The summed E-state index contributed by atoms with van der Waals surface area (Å²) in [5.74, 6) is 0. The highest BCUT2D eigenvalue weighted by molar-refractivity contribution is 5.83. The van der Waals surface area contributed by atoms with Gasteiger partial charge in [-0.05, 0) is 134 Å². The zero-order chi connectivity index (χ0) is 32.2. The van der Waals surface area contributed by atoms with Crippen molar-refractivity contribution in [1.29, 1.82) is 0 Å². The Hall–Kier alpha value is -5.16. The fraction of sp³-hybridized carbons (Fsp3) is 0.143. The largest absolute Gasteiger partial charge is 0.392 e. The predicted octanol–water partition coefficient (Wildman–Crippen LogP) is 10.5. The number of anilines is 6. The van der Waals surface area contributed by atoms with Gasteiger partial charge in [0.1, 0.15) is 0 Å². The van der Waals surface area contributed by atoms with Gasteiger partial charge in [-0.25, -0.2) is 0 Å². The molecular weight excluding hydrogens is 564 g/mol. The van der Waals surface area contributed by atoms with E-state index in [0.29, 0.717) is 0 Å². The van der Waals surface area contributed by atoms with E-state index in [-0.39, 0.29) is 13.2 Å². The van der Waals surface area contributed by atoms with Gasteiger partial charge in [0.2, 0.25) is 0 Å². The Morgan fingerprint density at radius 1 is 0.391 bits per heavy atom. The molecule has 2 N–H and O–H groups in total. The fourth-order valence-electron chi connectivity index (χ4n) is 5.91. The Labute approximate surface area is 272 Å². The molecular formula is C42H40N2O2. The first-order valence-electron chi connectivity index (χ1n) is 15.7. The fourth-order valence-corrected chi connectivity index (χ4v) is 5.91. The molecule has 0 saturated heterocycles. The third kappa shape index (κ3) is 6.45. The van der Waals surface area contributed by atoms with Crippen LogP contribution in [0.25, 0.3) is 11.1 Å². The van der Waals surface area contributed by atoms with Crippen LogP contribution in [0, 0.1) is 27.7 Å². The number of nitrogens with zero attached hydrogens (tertiary/aromatic N) is 2. The number of aryl methyl sites for hydroxylation is 4. The summed E-state index contributed by atoms with van der Waals surface area (Å²) in [5.41, 5.74) is 15.3. The molecule has 4 nitrogen and oxygen atoms in total. The van der Waals surface area contributed by atoms with Crippen molar-refractivity contribution >= 4 is 34.1 Å². The number of aliphatic hydroxyl groups excluding tert-OH is 2. The molecule has 0 spiro atoms. The van der Waals surface area contributed by atoms with E-state index in [9.17, 15) is 10.2 Å². The molecule has 0 atom stereocenters. The minimum atomic E-state index is 0.0233. The second-order valence-corrected chi connectivity index (χ2v) is 12.0. The van der Waals surface area contributed by atoms with E-state index < -0.39 is 0 Å². The first-order chi connectivity index (χ1) is 22.3. The average Bonchev–Trinajstić information content (AvgIpc) is 3.08. The predicted molar refractivity (Wildman–Crippen MR) is 192 cm³/mol. The number of aliphatic hydroxyl groups is 2. The van der Waals surface area contributed by atoms with Crippen LogP contribution in [0.5, 0.6) is 0 Å². The van der Waals surface area contributed by atoms with Crippen molar-refractivity contribution in [3.8, 4) is 11.1 Å². The Kier molecular flexibility index (Phi) is 9.02. The van der Waals surface area contributed by atoms with E-state index in [1.165, 1.54) is 11.1 Å². The van der Waals surface area contributed by atoms with Crippen LogP contribution < -0.4 is 9.80 Å². The molecule has 230 valence electrons. The van der Waals surface area contributed by atoms with Crippen molar-refractivity contribution < 1.29 is 10.2 Å². The molecule has 0 aliphatic rings. The molecule has 4 heteroatoms. The minimum Gasteiger partial charge on any atom is -0.392 e. The van der Waals surface area contributed by atoms with Crippen LogP contribution >= 0.6 is 0 Å². The van der Waals surface area contributed by atoms with Gasteiger partial charge in [0, 0.05) is 34.1 Å². The van der Waals surface area contributed by atoms with Gasteiger partial charge in [-0.1, -0.05) is 71.8 Å². The molecule has 6 aromatic carbocycles. The van der Waals surface area contributed by atoms with Crippen LogP contribution in [-0.2, 0) is 13.2 Å². The summed E-state index contributed by atoms with van der Waals surface area (Å²) in [6.07, 6.45) is 0. The Bertz CT molecular complexity index is 1780. The SMILES string of the molecule is Cc1ccc(N(c2ccc(CO)cc2)c2ccc(-c3ccc(N(c4ccc(C)cc4)c4ccc(CO)cc4)c(C)c3)cc2C)cc1. The first-order valence-corrected chi connectivity index (χ1v) is 15.7. The van der Waals surface area contributed by atoms with Gasteiger partial charge in [0.25, 0.3) is 0 Å². The van der Waals surface area contributed by atoms with Gasteiger partial charge in [0.15, 0.2) is 0 Å². The lowest BCUT2D eigenvalue weighted by Crippen LogP contribution is -2.12. The van der Waals surface area contributed by atoms with Crippen molar-refractivity contribution in [2.24, 2.45) is 0 Å². The van der Waals surface area contributed by atoms with Crippen molar-refractivity contribution in [2.75, 3.05) is 9.80 Å². The summed E-state index contributed by atoms with van der Waals surface area (Å²) in [7, 11) is 0. The standard InChI is InChI=1S/C42H40N2O2/c1-29-5-15-37(16-6-29)43(39-19-9-33(27-45)10-20-39)41-23-13-35(25-31(41)3)36-14-24-42(32(4)26-36)44(38-17-7-30(2)8-18-38)40-21-11-34(28-46)12-22-40/h5-26,45-46H,27-28H2,1-4H3. The molecule has 0 unspecified atom stereocenters. The highest BCUT2D eigenvalue weighted by Crippen LogP contribution is 2.41. The van der Waals surface area contributed by atoms with E-state index in [0.717, 1.165) is 67.5 Å². The maximum absolute atomic E-state index is 9.60. The highest BCUT2D eigenvalue weighted by atomic mass is 16.3. The van der Waals surface area contributed by atoms with E-state index in [1.807, 2.05) is 24.3 Å². The quantitative estimate of drug-likeness (QED) is 0.172. The minimum absolute atomic E-state index is 0.0233. The number of rotatable bonds is 9. The second-order valence-electron chi connectivity index (χ2n) is 12.0. The molecule has 0 saturated carbocycles. The smallest absolute Gasteiger partial charge is 0.0681 e. The van der Waals surface area contributed by atoms with Crippen molar-refractivity contribution in [3.05, 3.63) is 167 Å². The molecule has 6 aromatic rings. The van der Waals surface area contributed by atoms with Crippen molar-refractivity contribution in [3.63, 3.8) is 0 Å². The summed E-state index contributed by atoms with van der Waals surface area (Å²) >= 11 is 0. The van der Waals surface area contributed by atoms with Crippen LogP contribution in [0.1, 0.15) is 33.4 Å². The summed E-state index contributed by atoms with van der Waals surface area (Å²) in [6.45, 7) is 8.58. The van der Waals surface area contributed by atoms with Gasteiger partial charge in [0.05, 0.1) is 13.2 Å². The first kappa shape index (κ1) is 30.8. The maximum atomic E-state index is 9.60. The van der Waals surface area contributed by atoms with Gasteiger partial charge in [-0.2, -0.15) is 0 Å². The second kappa shape index (κ2) is 13.5. The van der Waals surface area contributed by atoms with Gasteiger partial charge in [-0.15, -0.1) is 0 Å². The monoisotopic (exact) mass is 604 g/mol. The van der Waals surface area contributed by atoms with Gasteiger partial charge in [-0.3, -0.25) is 0 Å². The molecule has 6 rings (SSSR count). The molecule has 0 aliphatic heterocycles. The van der Waals surface area contributed by atoms with E-state index in [1.54, 1.807) is 0 Å². The van der Waals surface area contributed by atoms with Crippen LogP contribution in [-0.4, -0.2) is 10.2 Å². The van der Waals surface area contributed by atoms with Gasteiger partial charge >= 0.3 is 0 Å². The molecule has 0 aliphatic carbocycles. The van der Waals surface area contributed by atoms with Crippen LogP contribution in [0.3, 0.4) is 0 Å². The zero-order valence-corrected chi connectivity index (χ0v) is 26.9. The lowest BCUT2D eigenvalue weighted by molar-refractivity contribution is 0.281. The Morgan fingerprint density at radius 2 is 0.696 bits per heavy atom. The van der Waals surface area contributed by atoms with Crippen molar-refractivity contribution in [2.45, 2.75) is 40.9 Å². The number of hydrogen-bond acceptors (Lipinski definition) is 4. The van der Waals surface area contributed by atoms with E-state index in [4.69, 9.17) is 0 Å². The lowest BCUT2D eigenvalue weighted by Gasteiger charge is -2.28. The third-order valence-electron chi connectivity index (χ3n) is 8.55. The summed E-state index contributed by atoms with van der Waals surface area (Å²) in [6, 6.07) is 46.7. The molecule has 0 aromatic heterocycles. The van der Waals surface area contributed by atoms with Gasteiger partial charge < -0.3 is 20.0 Å². The van der Waals surface area contributed by atoms with E-state index >= 15 is 0 Å². The summed E-state index contributed by atoms with van der Waals surface area (Å²) in [5, 5.41) is 19.2. The molecule has 46 heavy (non-hydrogen) atoms. The van der Waals surface area contributed by atoms with Crippen LogP contribution in [0.2, 0.25) is 0 Å². The average molecular weight is 605 g/mol. The summed E-state index contributed by atoms with van der Waals surface area (Å²) in [4.78, 5) is 4.55. The molecule has 0 amide bonds. The summed E-state index contributed by atoms with van der Waals surface area (Å²) < 4.78 is 0. The normalized spacial score (nSPS) is 11.0. The van der Waals surface area contributed by atoms with Crippen LogP contribution in [0.4, 0.5) is 34.1 Å². The molecule has 0 heterocycles. The third-order valence-corrected chi connectivity index (χ3v) is 8.55. The highest BCUT2D eigenvalue weighted by Gasteiger charge is 2.18. The number of benzene rings is 6. The Balaban J connectivity index is 1.37. The topological polar surface area (TPSA) is 46.9 Å². The lowest BCUT2D eigenvalue weighted by atomic mass is 9.98.